The number of nitrogens with zero attached hydrogens (tertiary/aromatic N) is 4. The van der Waals surface area contributed by atoms with Crippen LogP contribution in [-0.4, -0.2) is 27.5 Å². The lowest BCUT2D eigenvalue weighted by molar-refractivity contribution is 0.282. The Bertz CT molecular complexity index is 1130. The fourth-order valence-corrected chi connectivity index (χ4v) is 5.42. The molecule has 2 aromatic heterocycles. The van der Waals surface area contributed by atoms with Crippen LogP contribution in [0.15, 0.2) is 29.1 Å². The highest BCUT2D eigenvalue weighted by Crippen LogP contribution is 2.34. The van der Waals surface area contributed by atoms with Crippen LogP contribution in [0.1, 0.15) is 54.1 Å². The summed E-state index contributed by atoms with van der Waals surface area (Å²) in [4.78, 5) is 23.1. The molecule has 0 fully saturated rings. The van der Waals surface area contributed by atoms with Gasteiger partial charge in [0.1, 0.15) is 10.7 Å². The lowest BCUT2D eigenvalue weighted by Gasteiger charge is -2.21. The van der Waals surface area contributed by atoms with E-state index in [2.05, 4.69) is 24.8 Å². The maximum atomic E-state index is 13.7. The second-order valence-electron chi connectivity index (χ2n) is 7.54. The molecule has 0 spiro atoms. The van der Waals surface area contributed by atoms with E-state index in [0.717, 1.165) is 54.0 Å². The highest BCUT2D eigenvalue weighted by atomic mass is 32.1. The van der Waals surface area contributed by atoms with Crippen LogP contribution in [0.5, 0.6) is 0 Å². The minimum atomic E-state index is 0.0456. The molecular weight excluding hydrogens is 380 g/mol. The van der Waals surface area contributed by atoms with Crippen LogP contribution in [0.3, 0.4) is 0 Å². The van der Waals surface area contributed by atoms with E-state index < -0.39 is 0 Å². The van der Waals surface area contributed by atoms with Crippen LogP contribution in [0.25, 0.3) is 10.2 Å². The Labute approximate surface area is 175 Å². The molecule has 6 heteroatoms. The molecule has 4 rings (SSSR count). The van der Waals surface area contributed by atoms with E-state index in [0.29, 0.717) is 18.7 Å². The highest BCUT2D eigenvalue weighted by Gasteiger charge is 2.23. The van der Waals surface area contributed by atoms with Crippen molar-refractivity contribution in [2.45, 2.75) is 52.6 Å². The molecule has 1 aliphatic carbocycles. The van der Waals surface area contributed by atoms with Gasteiger partial charge in [-0.3, -0.25) is 14.3 Å². The van der Waals surface area contributed by atoms with Gasteiger partial charge in [-0.15, -0.1) is 11.3 Å². The molecule has 150 valence electrons. The molecule has 0 saturated carbocycles. The fraction of sp³-hybridized carbons (Fsp3) is 0.435. The molecule has 1 aliphatic rings. The molecule has 0 aliphatic heterocycles. The molecule has 0 saturated heterocycles. The van der Waals surface area contributed by atoms with E-state index in [9.17, 15) is 10.1 Å². The molecule has 5 nitrogen and oxygen atoms in total. The van der Waals surface area contributed by atoms with Crippen LogP contribution >= 0.6 is 11.3 Å². The Hall–Kier alpha value is -2.49. The zero-order valence-electron chi connectivity index (χ0n) is 17.1. The first-order valence-corrected chi connectivity index (χ1v) is 11.2. The zero-order chi connectivity index (χ0) is 20.4. The van der Waals surface area contributed by atoms with Crippen molar-refractivity contribution in [2.75, 3.05) is 13.1 Å². The van der Waals surface area contributed by atoms with Gasteiger partial charge in [-0.1, -0.05) is 32.0 Å². The summed E-state index contributed by atoms with van der Waals surface area (Å²) >= 11 is 1.70. The smallest absolute Gasteiger partial charge is 0.262 e. The zero-order valence-corrected chi connectivity index (χ0v) is 17.9. The largest absolute Gasteiger partial charge is 0.297 e. The molecule has 0 unspecified atom stereocenters. The summed E-state index contributed by atoms with van der Waals surface area (Å²) in [6.45, 7) is 7.07. The maximum Gasteiger partial charge on any atom is 0.262 e. The summed E-state index contributed by atoms with van der Waals surface area (Å²) in [6.07, 6.45) is 4.35. The molecule has 29 heavy (non-hydrogen) atoms. The average Bonchev–Trinajstić information content (AvgIpc) is 3.13. The topological polar surface area (TPSA) is 61.9 Å². The number of thiophene rings is 1. The number of aryl methyl sites for hydroxylation is 2. The van der Waals surface area contributed by atoms with Crippen LogP contribution in [-0.2, 0) is 25.9 Å². The number of nitriles is 1. The normalized spacial score (nSPS) is 13.6. The molecule has 0 N–H and O–H groups in total. The summed E-state index contributed by atoms with van der Waals surface area (Å²) < 4.78 is 1.80. The summed E-state index contributed by atoms with van der Waals surface area (Å²) in [6, 6.07) is 9.77. The standard InChI is InChI=1S/C23H26N4OS/c1-3-26(4-2)15-20-25-22-21(18-11-7-8-12-19(18)29-22)23(28)27(20)14-17-10-6-5-9-16(17)13-24/h5-6,9-10H,3-4,7-8,11-12,14-15H2,1-2H3. The molecule has 0 radical (unpaired) electrons. The van der Waals surface area contributed by atoms with E-state index >= 15 is 0 Å². The van der Waals surface area contributed by atoms with Crippen molar-refractivity contribution in [3.05, 3.63) is 62.0 Å². The monoisotopic (exact) mass is 406 g/mol. The van der Waals surface area contributed by atoms with E-state index in [1.54, 1.807) is 15.9 Å². The minimum absolute atomic E-state index is 0.0456. The number of hydrogen-bond donors (Lipinski definition) is 0. The van der Waals surface area contributed by atoms with Gasteiger partial charge >= 0.3 is 0 Å². The van der Waals surface area contributed by atoms with Crippen molar-refractivity contribution in [2.24, 2.45) is 0 Å². The second-order valence-corrected chi connectivity index (χ2v) is 8.62. The maximum absolute atomic E-state index is 13.7. The predicted octanol–water partition coefficient (Wildman–Crippen LogP) is 4.10. The molecule has 2 heterocycles. The average molecular weight is 407 g/mol. The lowest BCUT2D eigenvalue weighted by atomic mass is 9.97. The first-order valence-electron chi connectivity index (χ1n) is 10.4. The van der Waals surface area contributed by atoms with E-state index in [1.807, 2.05) is 24.3 Å². The van der Waals surface area contributed by atoms with Gasteiger partial charge in [-0.25, -0.2) is 4.98 Å². The Balaban J connectivity index is 1.90. The van der Waals surface area contributed by atoms with Crippen molar-refractivity contribution in [3.63, 3.8) is 0 Å². The third kappa shape index (κ3) is 3.73. The van der Waals surface area contributed by atoms with Crippen molar-refractivity contribution < 1.29 is 0 Å². The minimum Gasteiger partial charge on any atom is -0.297 e. The summed E-state index contributed by atoms with van der Waals surface area (Å²) in [5, 5.41) is 10.3. The van der Waals surface area contributed by atoms with Crippen molar-refractivity contribution in [1.82, 2.24) is 14.5 Å². The third-order valence-electron chi connectivity index (χ3n) is 5.88. The number of aromatic nitrogens is 2. The molecule has 3 aromatic rings. The first kappa shape index (κ1) is 19.8. The van der Waals surface area contributed by atoms with Crippen LogP contribution in [0.2, 0.25) is 0 Å². The van der Waals surface area contributed by atoms with Crippen molar-refractivity contribution in [1.29, 1.82) is 5.26 Å². The van der Waals surface area contributed by atoms with E-state index in [1.165, 1.54) is 16.9 Å². The van der Waals surface area contributed by atoms with Gasteiger partial charge in [-0.05, 0) is 56.0 Å². The van der Waals surface area contributed by atoms with E-state index in [4.69, 9.17) is 4.98 Å². The van der Waals surface area contributed by atoms with Crippen LogP contribution in [0, 0.1) is 11.3 Å². The molecular formula is C23H26N4OS. The number of benzene rings is 1. The first-order chi connectivity index (χ1) is 14.2. The van der Waals surface area contributed by atoms with E-state index in [-0.39, 0.29) is 5.56 Å². The quantitative estimate of drug-likeness (QED) is 0.618. The Morgan fingerprint density at radius 2 is 1.97 bits per heavy atom. The van der Waals surface area contributed by atoms with Crippen LogP contribution < -0.4 is 5.56 Å². The summed E-state index contributed by atoms with van der Waals surface area (Å²) in [7, 11) is 0. The second kappa shape index (κ2) is 8.48. The fourth-order valence-electron chi connectivity index (χ4n) is 4.15. The molecule has 0 atom stereocenters. The molecule has 0 bridgehead atoms. The Morgan fingerprint density at radius 1 is 1.21 bits per heavy atom. The van der Waals surface area contributed by atoms with Gasteiger partial charge < -0.3 is 0 Å². The number of fused-ring (bicyclic) bond motifs is 3. The summed E-state index contributed by atoms with van der Waals surface area (Å²) in [5.41, 5.74) is 2.73. The van der Waals surface area contributed by atoms with Gasteiger partial charge in [0.2, 0.25) is 0 Å². The number of hydrogen-bond acceptors (Lipinski definition) is 5. The van der Waals surface area contributed by atoms with Gasteiger partial charge in [0.15, 0.2) is 0 Å². The Kier molecular flexibility index (Phi) is 5.79. The molecule has 1 aromatic carbocycles. The van der Waals surface area contributed by atoms with Gasteiger partial charge in [0.25, 0.3) is 5.56 Å². The van der Waals surface area contributed by atoms with Crippen molar-refractivity contribution >= 4 is 21.6 Å². The highest BCUT2D eigenvalue weighted by molar-refractivity contribution is 7.18. The van der Waals surface area contributed by atoms with Crippen LogP contribution in [0.4, 0.5) is 0 Å². The number of rotatable bonds is 6. The van der Waals surface area contributed by atoms with Gasteiger partial charge in [-0.2, -0.15) is 5.26 Å². The molecule has 0 amide bonds. The lowest BCUT2D eigenvalue weighted by Crippen LogP contribution is -2.31. The van der Waals surface area contributed by atoms with Gasteiger partial charge in [0.05, 0.1) is 30.1 Å². The van der Waals surface area contributed by atoms with Crippen molar-refractivity contribution in [3.8, 4) is 6.07 Å². The third-order valence-corrected chi connectivity index (χ3v) is 7.07. The SMILES string of the molecule is CCN(CC)Cc1nc2sc3c(c2c(=O)n1Cc1ccccc1C#N)CCCC3. The Morgan fingerprint density at radius 3 is 2.72 bits per heavy atom. The van der Waals surface area contributed by atoms with Gasteiger partial charge in [0, 0.05) is 4.88 Å². The predicted molar refractivity (Wildman–Crippen MR) is 117 cm³/mol. The summed E-state index contributed by atoms with van der Waals surface area (Å²) in [5.74, 6) is 0.789.